The zero-order valence-corrected chi connectivity index (χ0v) is 23.0. The van der Waals surface area contributed by atoms with E-state index in [0.29, 0.717) is 55.1 Å². The molecule has 2 heterocycles. The Hall–Kier alpha value is -3.93. The minimum atomic E-state index is -3.14. The second-order valence-corrected chi connectivity index (χ2v) is 11.9. The van der Waals surface area contributed by atoms with Crippen LogP contribution in [-0.2, 0) is 37.1 Å². The van der Waals surface area contributed by atoms with Gasteiger partial charge in [-0.05, 0) is 49.5 Å². The third-order valence-electron chi connectivity index (χ3n) is 6.78. The van der Waals surface area contributed by atoms with Gasteiger partial charge in [-0.1, -0.05) is 19.1 Å². The van der Waals surface area contributed by atoms with Gasteiger partial charge in [0.15, 0.2) is 5.82 Å². The predicted molar refractivity (Wildman–Crippen MR) is 146 cm³/mol. The van der Waals surface area contributed by atoms with Crippen LogP contribution in [0.15, 0.2) is 49.1 Å². The normalized spacial score (nSPS) is 17.7. The molecule has 2 aromatic heterocycles. The number of amides is 1. The Bertz CT molecular complexity index is 1440. The summed E-state index contributed by atoms with van der Waals surface area (Å²) in [6.45, 7) is 2.18. The van der Waals surface area contributed by atoms with Crippen molar-refractivity contribution < 1.29 is 22.7 Å². The van der Waals surface area contributed by atoms with Gasteiger partial charge in [0.1, 0.15) is 16.2 Å². The van der Waals surface area contributed by atoms with Crippen molar-refractivity contribution in [2.24, 2.45) is 5.92 Å². The van der Waals surface area contributed by atoms with Crippen molar-refractivity contribution >= 4 is 33.5 Å². The number of methoxy groups -OCH3 is 1. The average Bonchev–Trinajstić information content (AvgIpc) is 3.44. The fourth-order valence-corrected chi connectivity index (χ4v) is 5.70. The Morgan fingerprint density at radius 1 is 1.13 bits per heavy atom. The van der Waals surface area contributed by atoms with E-state index in [0.717, 1.165) is 5.56 Å². The molecule has 0 bridgehead atoms. The molecular formula is C27H32N6O5S. The van der Waals surface area contributed by atoms with Gasteiger partial charge >= 0.3 is 5.97 Å². The van der Waals surface area contributed by atoms with Crippen LogP contribution in [0.25, 0.3) is 12.0 Å². The first-order valence-corrected chi connectivity index (χ1v) is 14.7. The van der Waals surface area contributed by atoms with Crippen molar-refractivity contribution in [3.05, 3.63) is 66.0 Å². The summed E-state index contributed by atoms with van der Waals surface area (Å²) in [6.07, 6.45) is 11.7. The van der Waals surface area contributed by atoms with Crippen molar-refractivity contribution in [2.45, 2.75) is 50.8 Å². The number of benzene rings is 1. The van der Waals surface area contributed by atoms with Crippen LogP contribution in [0.4, 0.5) is 5.69 Å². The van der Waals surface area contributed by atoms with Crippen molar-refractivity contribution in [2.75, 3.05) is 18.3 Å². The molecule has 0 aliphatic heterocycles. The minimum Gasteiger partial charge on any atom is -0.466 e. The van der Waals surface area contributed by atoms with E-state index in [9.17, 15) is 18.0 Å². The Morgan fingerprint density at radius 2 is 1.85 bits per heavy atom. The largest absolute Gasteiger partial charge is 0.466 e. The summed E-state index contributed by atoms with van der Waals surface area (Å²) in [7, 11) is -1.84. The highest BCUT2D eigenvalue weighted by atomic mass is 32.2. The Balaban J connectivity index is 1.59. The van der Waals surface area contributed by atoms with Crippen molar-refractivity contribution in [1.29, 1.82) is 0 Å². The van der Waals surface area contributed by atoms with Gasteiger partial charge in [-0.3, -0.25) is 4.79 Å². The van der Waals surface area contributed by atoms with Gasteiger partial charge < -0.3 is 9.64 Å². The fourth-order valence-electron chi connectivity index (χ4n) is 4.57. The van der Waals surface area contributed by atoms with Crippen molar-refractivity contribution in [3.8, 4) is 5.95 Å². The number of aryl methyl sites for hydroxylation is 1. The lowest BCUT2D eigenvalue weighted by Gasteiger charge is -2.32. The number of hydrogen-bond donors (Lipinski definition) is 0. The lowest BCUT2D eigenvalue weighted by atomic mass is 9.87. The molecule has 0 spiro atoms. The maximum atomic E-state index is 13.8. The molecule has 1 aliphatic rings. The summed E-state index contributed by atoms with van der Waals surface area (Å²) >= 11 is 0. The van der Waals surface area contributed by atoms with Crippen LogP contribution >= 0.6 is 0 Å². The van der Waals surface area contributed by atoms with Gasteiger partial charge in [0.25, 0.3) is 5.95 Å². The number of carbonyl (C=O) groups excluding carboxylic acids is 2. The molecule has 0 atom stereocenters. The molecule has 1 aromatic carbocycles. The highest BCUT2D eigenvalue weighted by molar-refractivity contribution is 7.91. The van der Waals surface area contributed by atoms with Gasteiger partial charge in [-0.25, -0.2) is 28.2 Å². The number of nitrogens with zero attached hydrogens (tertiary/aromatic N) is 6. The van der Waals surface area contributed by atoms with Crippen LogP contribution < -0.4 is 4.90 Å². The predicted octanol–water partition coefficient (Wildman–Crippen LogP) is 2.94. The van der Waals surface area contributed by atoms with Crippen molar-refractivity contribution in [1.82, 2.24) is 24.7 Å². The number of esters is 1. The SMILES string of the molecule is CCc1ncn(-c2ncc(CN(C(=O)C3CCC(S(C)(=O)=O)CC3)c3cccc(/C=C/C(=O)OC)c3)cn2)n1. The van der Waals surface area contributed by atoms with E-state index in [4.69, 9.17) is 0 Å². The van der Waals surface area contributed by atoms with E-state index >= 15 is 0 Å². The Kier molecular flexibility index (Phi) is 8.85. The second kappa shape index (κ2) is 12.3. The maximum Gasteiger partial charge on any atom is 0.330 e. The third-order valence-corrected chi connectivity index (χ3v) is 8.47. The molecule has 206 valence electrons. The van der Waals surface area contributed by atoms with Crippen LogP contribution in [0.3, 0.4) is 0 Å². The fraction of sp³-hybridized carbons (Fsp3) is 0.407. The molecule has 1 amide bonds. The number of rotatable bonds is 9. The molecule has 0 radical (unpaired) electrons. The lowest BCUT2D eigenvalue weighted by molar-refractivity contribution is -0.134. The zero-order valence-electron chi connectivity index (χ0n) is 22.2. The van der Waals surface area contributed by atoms with E-state index in [1.807, 2.05) is 31.2 Å². The number of anilines is 1. The molecule has 1 fully saturated rings. The molecule has 1 saturated carbocycles. The first-order valence-electron chi connectivity index (χ1n) is 12.8. The summed E-state index contributed by atoms with van der Waals surface area (Å²) in [5.41, 5.74) is 2.08. The number of aromatic nitrogens is 5. The molecule has 3 aromatic rings. The summed E-state index contributed by atoms with van der Waals surface area (Å²) in [5, 5.41) is 3.92. The van der Waals surface area contributed by atoms with Crippen LogP contribution in [0.1, 0.15) is 49.6 Å². The van der Waals surface area contributed by atoms with Crippen LogP contribution in [0.2, 0.25) is 0 Å². The molecule has 12 heteroatoms. The summed E-state index contributed by atoms with van der Waals surface area (Å²) in [5.74, 6) is 0.180. The van der Waals surface area contributed by atoms with Crippen LogP contribution in [0.5, 0.6) is 0 Å². The van der Waals surface area contributed by atoms with Gasteiger partial charge in [0, 0.05) is 48.3 Å². The lowest BCUT2D eigenvalue weighted by Crippen LogP contribution is -2.39. The second-order valence-electron chi connectivity index (χ2n) is 9.53. The Labute approximate surface area is 227 Å². The van der Waals surface area contributed by atoms with Gasteiger partial charge in [0.05, 0.1) is 18.9 Å². The van der Waals surface area contributed by atoms with E-state index in [1.165, 1.54) is 24.1 Å². The van der Waals surface area contributed by atoms with Gasteiger partial charge in [-0.2, -0.15) is 4.68 Å². The molecule has 0 saturated heterocycles. The monoisotopic (exact) mass is 552 g/mol. The molecule has 39 heavy (non-hydrogen) atoms. The average molecular weight is 553 g/mol. The molecule has 4 rings (SSSR count). The topological polar surface area (TPSA) is 137 Å². The van der Waals surface area contributed by atoms with Crippen LogP contribution in [0, 0.1) is 5.92 Å². The van der Waals surface area contributed by atoms with Crippen molar-refractivity contribution in [3.63, 3.8) is 0 Å². The molecule has 11 nitrogen and oxygen atoms in total. The molecule has 0 unspecified atom stereocenters. The molecular weight excluding hydrogens is 520 g/mol. The third kappa shape index (κ3) is 7.14. The number of carbonyl (C=O) groups is 2. The number of ether oxygens (including phenoxy) is 1. The first kappa shape index (κ1) is 28.1. The van der Waals surface area contributed by atoms with E-state index in [-0.39, 0.29) is 18.4 Å². The Morgan fingerprint density at radius 3 is 2.46 bits per heavy atom. The van der Waals surface area contributed by atoms with Gasteiger partial charge in [0.2, 0.25) is 5.91 Å². The first-order chi connectivity index (χ1) is 18.7. The van der Waals surface area contributed by atoms with Crippen LogP contribution in [-0.4, -0.2) is 63.6 Å². The number of sulfone groups is 1. The highest BCUT2D eigenvalue weighted by Gasteiger charge is 2.33. The van der Waals surface area contributed by atoms with Gasteiger partial charge in [-0.15, -0.1) is 5.10 Å². The summed E-state index contributed by atoms with van der Waals surface area (Å²) in [6, 6.07) is 7.27. The molecule has 0 N–H and O–H groups in total. The summed E-state index contributed by atoms with van der Waals surface area (Å²) in [4.78, 5) is 40.1. The quantitative estimate of drug-likeness (QED) is 0.290. The van der Waals surface area contributed by atoms with E-state index < -0.39 is 21.1 Å². The maximum absolute atomic E-state index is 13.8. The molecule has 1 aliphatic carbocycles. The standard InChI is InChI=1S/C27H32N6O5S/c1-4-24-30-18-33(31-24)27-28-15-20(16-29-27)17-32(22-7-5-6-19(14-22)8-13-25(34)38-2)26(35)21-9-11-23(12-10-21)39(3,36)37/h5-8,13-16,18,21,23H,4,9-12,17H2,1-3H3/b13-8+. The van der Waals surface area contributed by atoms with E-state index in [2.05, 4.69) is 24.8 Å². The smallest absolute Gasteiger partial charge is 0.330 e. The van der Waals surface area contributed by atoms with E-state index in [1.54, 1.807) is 29.7 Å². The minimum absolute atomic E-state index is 0.0935. The highest BCUT2D eigenvalue weighted by Crippen LogP contribution is 2.32. The zero-order chi connectivity index (χ0) is 28.0. The summed E-state index contributed by atoms with van der Waals surface area (Å²) < 4.78 is 30.2. The number of hydrogen-bond acceptors (Lipinski definition) is 9.